The maximum absolute atomic E-state index is 13.9. The molecule has 0 saturated carbocycles. The SMILES string of the molecule is C=C(/C=C(\C(F)=C/C)c1cc2n(n1)CCCC2)C(F)(F)F.CC.COC1NC=Cc2c1ccnc2N.I. The maximum Gasteiger partial charge on any atom is 0.415 e. The van der Waals surface area contributed by atoms with Crippen molar-refractivity contribution in [1.82, 2.24) is 20.1 Å². The number of methoxy groups -OCH3 is 1. The van der Waals surface area contributed by atoms with Gasteiger partial charge in [-0.3, -0.25) is 4.68 Å². The van der Waals surface area contributed by atoms with Crippen LogP contribution in [-0.2, 0) is 17.7 Å². The van der Waals surface area contributed by atoms with Crippen molar-refractivity contribution in [2.45, 2.75) is 59.0 Å². The number of rotatable bonds is 4. The molecule has 2 aromatic rings. The van der Waals surface area contributed by atoms with Gasteiger partial charge in [-0.1, -0.05) is 26.5 Å². The summed E-state index contributed by atoms with van der Waals surface area (Å²) in [5.41, 5.74) is 7.54. The number of nitrogens with zero attached hydrogens (tertiary/aromatic N) is 3. The van der Waals surface area contributed by atoms with Gasteiger partial charge in [-0.2, -0.15) is 18.3 Å². The number of nitrogen functional groups attached to an aromatic ring is 1. The number of hydrogen-bond acceptors (Lipinski definition) is 5. The van der Waals surface area contributed by atoms with E-state index in [1.807, 2.05) is 32.2 Å². The molecule has 0 saturated heterocycles. The van der Waals surface area contributed by atoms with Crippen LogP contribution < -0.4 is 11.1 Å². The van der Waals surface area contributed by atoms with Crippen molar-refractivity contribution in [1.29, 1.82) is 0 Å². The molecule has 2 aromatic heterocycles. The zero-order valence-corrected chi connectivity index (χ0v) is 23.7. The Kier molecular flexibility index (Phi) is 13.0. The first-order valence-corrected chi connectivity index (χ1v) is 11.7. The Bertz CT molecular complexity index is 1110. The number of alkyl halides is 3. The van der Waals surface area contributed by atoms with Gasteiger partial charge in [0.1, 0.15) is 11.6 Å². The zero-order valence-electron chi connectivity index (χ0n) is 21.4. The largest absolute Gasteiger partial charge is 0.415 e. The smallest absolute Gasteiger partial charge is 0.383 e. The molecule has 204 valence electrons. The lowest BCUT2D eigenvalue weighted by Gasteiger charge is -2.22. The van der Waals surface area contributed by atoms with E-state index in [4.69, 9.17) is 10.5 Å². The quantitative estimate of drug-likeness (QED) is 0.213. The molecule has 37 heavy (non-hydrogen) atoms. The number of aromatic nitrogens is 3. The summed E-state index contributed by atoms with van der Waals surface area (Å²) in [6.07, 6.45) is 5.29. The predicted molar refractivity (Wildman–Crippen MR) is 151 cm³/mol. The predicted octanol–water partition coefficient (Wildman–Crippen LogP) is 7.12. The molecule has 6 nitrogen and oxygen atoms in total. The van der Waals surface area contributed by atoms with Crippen LogP contribution in [0.3, 0.4) is 0 Å². The molecule has 2 aliphatic rings. The molecular formula is C26H34F4IN5O. The van der Waals surface area contributed by atoms with Crippen molar-refractivity contribution < 1.29 is 22.3 Å². The van der Waals surface area contributed by atoms with E-state index in [0.717, 1.165) is 42.2 Å². The molecule has 0 aromatic carbocycles. The monoisotopic (exact) mass is 635 g/mol. The standard InChI is InChI=1S/C15H16F4N2.C9H11N3O.C2H6.HI/c1-3-13(16)12(8-10(2)15(17,18)19)14-9-11-6-4-5-7-21(11)20-14;1-13-9-7-3-4-11-8(10)6(7)2-5-12-9;1-2;/h3,8-9H,2,4-7H2,1H3;2-5,9,12H,1H3,(H2,10,11);1-2H3;1H/b12-8+,13-3+;;;. The lowest BCUT2D eigenvalue weighted by molar-refractivity contribution is -0.0877. The molecule has 1 atom stereocenters. The fraction of sp³-hybridized carbons (Fsp3) is 0.385. The van der Waals surface area contributed by atoms with Crippen LogP contribution in [0.2, 0.25) is 0 Å². The highest BCUT2D eigenvalue weighted by Crippen LogP contribution is 2.32. The average Bonchev–Trinajstić information content (AvgIpc) is 3.31. The first-order chi connectivity index (χ1) is 17.2. The van der Waals surface area contributed by atoms with Crippen molar-refractivity contribution in [3.05, 3.63) is 77.2 Å². The fourth-order valence-electron chi connectivity index (χ4n) is 3.65. The second-order valence-electron chi connectivity index (χ2n) is 7.73. The molecule has 0 radical (unpaired) electrons. The number of fused-ring (bicyclic) bond motifs is 2. The summed E-state index contributed by atoms with van der Waals surface area (Å²) in [6.45, 7) is 9.09. The second-order valence-corrected chi connectivity index (χ2v) is 7.73. The number of halogens is 5. The van der Waals surface area contributed by atoms with Crippen LogP contribution in [0.15, 0.2) is 54.7 Å². The minimum absolute atomic E-state index is 0. The molecule has 3 N–H and O–H groups in total. The van der Waals surface area contributed by atoms with Crippen LogP contribution in [0.5, 0.6) is 0 Å². The number of pyridine rings is 1. The maximum atomic E-state index is 13.9. The van der Waals surface area contributed by atoms with Crippen molar-refractivity contribution in [2.24, 2.45) is 0 Å². The number of ether oxygens (including phenoxy) is 1. The van der Waals surface area contributed by atoms with Crippen molar-refractivity contribution in [2.75, 3.05) is 12.8 Å². The van der Waals surface area contributed by atoms with Crippen LogP contribution in [0.4, 0.5) is 23.4 Å². The molecule has 1 unspecified atom stereocenters. The summed E-state index contributed by atoms with van der Waals surface area (Å²) >= 11 is 0. The lowest BCUT2D eigenvalue weighted by atomic mass is 10.1. The molecular weight excluding hydrogens is 601 g/mol. The summed E-state index contributed by atoms with van der Waals surface area (Å²) in [7, 11) is 1.65. The minimum Gasteiger partial charge on any atom is -0.383 e. The van der Waals surface area contributed by atoms with Gasteiger partial charge >= 0.3 is 6.18 Å². The van der Waals surface area contributed by atoms with Gasteiger partial charge in [0, 0.05) is 47.8 Å². The molecule has 0 bridgehead atoms. The first kappa shape index (κ1) is 32.4. The van der Waals surface area contributed by atoms with E-state index in [1.54, 1.807) is 24.1 Å². The molecule has 11 heteroatoms. The lowest BCUT2D eigenvalue weighted by Crippen LogP contribution is -2.21. The molecule has 0 spiro atoms. The topological polar surface area (TPSA) is 78.0 Å². The third kappa shape index (κ3) is 8.42. The molecule has 4 rings (SSSR count). The number of nitrogens with one attached hydrogen (secondary N) is 1. The number of anilines is 1. The van der Waals surface area contributed by atoms with Gasteiger partial charge in [-0.05, 0) is 56.7 Å². The van der Waals surface area contributed by atoms with Crippen LogP contribution in [0.25, 0.3) is 11.6 Å². The normalized spacial score (nSPS) is 16.5. The van der Waals surface area contributed by atoms with Gasteiger partial charge in [0.05, 0.1) is 5.69 Å². The van der Waals surface area contributed by atoms with Gasteiger partial charge < -0.3 is 15.8 Å². The van der Waals surface area contributed by atoms with Crippen LogP contribution >= 0.6 is 24.0 Å². The highest BCUT2D eigenvalue weighted by molar-refractivity contribution is 14.0. The number of nitrogens with two attached hydrogens (primary N) is 1. The Balaban J connectivity index is 0.000000368. The fourth-order valence-corrected chi connectivity index (χ4v) is 3.65. The van der Waals surface area contributed by atoms with E-state index in [2.05, 4.69) is 22.0 Å². The second kappa shape index (κ2) is 14.9. The first-order valence-electron chi connectivity index (χ1n) is 11.7. The summed E-state index contributed by atoms with van der Waals surface area (Å²) in [6, 6.07) is 3.55. The van der Waals surface area contributed by atoms with Crippen molar-refractivity contribution in [3.8, 4) is 0 Å². The van der Waals surface area contributed by atoms with E-state index in [0.29, 0.717) is 18.4 Å². The van der Waals surface area contributed by atoms with Gasteiger partial charge in [0.25, 0.3) is 0 Å². The van der Waals surface area contributed by atoms with Crippen molar-refractivity contribution in [3.63, 3.8) is 0 Å². The van der Waals surface area contributed by atoms with Gasteiger partial charge in [0.2, 0.25) is 0 Å². The Morgan fingerprint density at radius 3 is 2.59 bits per heavy atom. The average molecular weight is 635 g/mol. The Labute approximate surface area is 232 Å². The number of aryl methyl sites for hydroxylation is 2. The summed E-state index contributed by atoms with van der Waals surface area (Å²) < 4.78 is 58.7. The Morgan fingerprint density at radius 2 is 2.00 bits per heavy atom. The third-order valence-electron chi connectivity index (χ3n) is 5.46. The number of allylic oxidation sites excluding steroid dienone is 5. The van der Waals surface area contributed by atoms with Gasteiger partial charge in [-0.25, -0.2) is 9.37 Å². The van der Waals surface area contributed by atoms with Gasteiger partial charge in [-0.15, -0.1) is 24.0 Å². The number of hydrogen-bond donors (Lipinski definition) is 2. The van der Waals surface area contributed by atoms with Crippen LogP contribution in [0, 0.1) is 0 Å². The van der Waals surface area contributed by atoms with E-state index in [1.165, 1.54) is 6.92 Å². The zero-order chi connectivity index (χ0) is 26.9. The van der Waals surface area contributed by atoms with Crippen LogP contribution in [0.1, 0.15) is 62.4 Å². The van der Waals surface area contributed by atoms with E-state index in [9.17, 15) is 17.6 Å². The minimum atomic E-state index is -4.58. The molecule has 2 aliphatic heterocycles. The molecule has 0 amide bonds. The summed E-state index contributed by atoms with van der Waals surface area (Å²) in [5, 5.41) is 7.28. The van der Waals surface area contributed by atoms with Crippen LogP contribution in [-0.4, -0.2) is 28.1 Å². The van der Waals surface area contributed by atoms with E-state index >= 15 is 0 Å². The van der Waals surface area contributed by atoms with E-state index < -0.39 is 17.6 Å². The molecule has 0 aliphatic carbocycles. The molecule has 4 heterocycles. The molecule has 0 fully saturated rings. The Hall–Kier alpha value is -2.67. The summed E-state index contributed by atoms with van der Waals surface area (Å²) in [5.74, 6) is -0.201. The highest BCUT2D eigenvalue weighted by atomic mass is 127. The van der Waals surface area contributed by atoms with E-state index in [-0.39, 0.29) is 41.5 Å². The van der Waals surface area contributed by atoms with Gasteiger partial charge in [0.15, 0.2) is 6.23 Å². The summed E-state index contributed by atoms with van der Waals surface area (Å²) in [4.78, 5) is 4.00. The third-order valence-corrected chi connectivity index (χ3v) is 5.46. The highest BCUT2D eigenvalue weighted by Gasteiger charge is 2.31. The van der Waals surface area contributed by atoms with Crippen molar-refractivity contribution >= 4 is 41.4 Å². The Morgan fingerprint density at radius 1 is 1.30 bits per heavy atom.